The van der Waals surface area contributed by atoms with E-state index in [4.69, 9.17) is 0 Å². The number of nitrogens with one attached hydrogen (secondary N) is 2. The molecule has 1 rings (SSSR count). The summed E-state index contributed by atoms with van der Waals surface area (Å²) >= 11 is 0. The van der Waals surface area contributed by atoms with Crippen LogP contribution in [0.25, 0.3) is 0 Å². The molecular formula is C20H28N2O3. The van der Waals surface area contributed by atoms with E-state index in [9.17, 15) is 14.4 Å². The Hall–Kier alpha value is -2.43. The fourth-order valence-electron chi connectivity index (χ4n) is 2.72. The summed E-state index contributed by atoms with van der Waals surface area (Å²) in [5.41, 5.74) is 3.45. The second-order valence-corrected chi connectivity index (χ2v) is 6.52. The van der Waals surface area contributed by atoms with E-state index in [-0.39, 0.29) is 12.5 Å². The lowest BCUT2D eigenvalue weighted by Gasteiger charge is -2.18. The van der Waals surface area contributed by atoms with Crippen LogP contribution in [0.15, 0.2) is 30.5 Å². The number of aryl methyl sites for hydroxylation is 2. The monoisotopic (exact) mass is 344 g/mol. The third-order valence-corrected chi connectivity index (χ3v) is 3.95. The average molecular weight is 344 g/mol. The van der Waals surface area contributed by atoms with Crippen LogP contribution in [0, 0.1) is 19.8 Å². The zero-order valence-electron chi connectivity index (χ0n) is 15.5. The van der Waals surface area contributed by atoms with Crippen LogP contribution in [-0.4, -0.2) is 24.5 Å². The van der Waals surface area contributed by atoms with Gasteiger partial charge < -0.3 is 15.4 Å². The van der Waals surface area contributed by atoms with Crippen molar-refractivity contribution in [3.8, 4) is 0 Å². The predicted molar refractivity (Wildman–Crippen MR) is 99.1 cm³/mol. The summed E-state index contributed by atoms with van der Waals surface area (Å²) in [5.74, 6) is -1.32. The highest BCUT2D eigenvalue weighted by molar-refractivity contribution is 6.36. The molecule has 5 heteroatoms. The smallest absolute Gasteiger partial charge is 0.287 e. The maximum absolute atomic E-state index is 11.9. The second-order valence-electron chi connectivity index (χ2n) is 6.52. The summed E-state index contributed by atoms with van der Waals surface area (Å²) in [6, 6.07) is 5.35. The van der Waals surface area contributed by atoms with E-state index < -0.39 is 17.7 Å². The molecule has 0 saturated heterocycles. The van der Waals surface area contributed by atoms with Gasteiger partial charge in [-0.2, -0.15) is 0 Å². The van der Waals surface area contributed by atoms with Crippen molar-refractivity contribution in [3.05, 3.63) is 47.2 Å². The Labute approximate surface area is 149 Å². The fourth-order valence-corrected chi connectivity index (χ4v) is 2.72. The molecule has 0 spiro atoms. The van der Waals surface area contributed by atoms with Crippen molar-refractivity contribution in [3.63, 3.8) is 0 Å². The van der Waals surface area contributed by atoms with Crippen molar-refractivity contribution in [1.29, 1.82) is 0 Å². The summed E-state index contributed by atoms with van der Waals surface area (Å²) in [4.78, 5) is 35.2. The molecule has 0 heterocycles. The molecule has 0 saturated carbocycles. The van der Waals surface area contributed by atoms with Crippen LogP contribution in [0.5, 0.6) is 0 Å². The summed E-state index contributed by atoms with van der Waals surface area (Å²) < 4.78 is 0. The minimum Gasteiger partial charge on any atom is -0.374 e. The summed E-state index contributed by atoms with van der Waals surface area (Å²) in [6.07, 6.45) is 2.34. The average Bonchev–Trinajstić information content (AvgIpc) is 2.56. The minimum atomic E-state index is -0.613. The number of rotatable bonds is 10. The molecule has 0 aliphatic rings. The lowest BCUT2D eigenvalue weighted by Crippen LogP contribution is -2.38. The molecule has 0 fully saturated rings. The van der Waals surface area contributed by atoms with Crippen LogP contribution in [0.3, 0.4) is 0 Å². The van der Waals surface area contributed by atoms with E-state index in [1.165, 1.54) is 0 Å². The number of amides is 1. The summed E-state index contributed by atoms with van der Waals surface area (Å²) in [5, 5.41) is 5.56. The lowest BCUT2D eigenvalue weighted by molar-refractivity contribution is -0.140. The SMILES string of the molecule is C=C(CNC(=O)C(=O)C(C)CCC)NC(C=O)c1cc(C)cc(C)c1. The van der Waals surface area contributed by atoms with Gasteiger partial charge >= 0.3 is 0 Å². The Morgan fingerprint density at radius 3 is 2.32 bits per heavy atom. The van der Waals surface area contributed by atoms with Crippen molar-refractivity contribution < 1.29 is 14.4 Å². The van der Waals surface area contributed by atoms with Gasteiger partial charge in [-0.05, 0) is 25.8 Å². The van der Waals surface area contributed by atoms with Crippen LogP contribution in [0.1, 0.15) is 49.4 Å². The Morgan fingerprint density at radius 2 is 1.80 bits per heavy atom. The number of carbonyl (C=O) groups is 3. The van der Waals surface area contributed by atoms with E-state index >= 15 is 0 Å². The van der Waals surface area contributed by atoms with E-state index in [1.54, 1.807) is 6.92 Å². The number of hydrogen-bond donors (Lipinski definition) is 2. The molecule has 2 unspecified atom stereocenters. The highest BCUT2D eigenvalue weighted by Crippen LogP contribution is 2.16. The van der Waals surface area contributed by atoms with Gasteiger partial charge in [0.2, 0.25) is 5.78 Å². The zero-order chi connectivity index (χ0) is 19.0. The molecule has 2 atom stereocenters. The van der Waals surface area contributed by atoms with Gasteiger partial charge in [0.05, 0.1) is 6.54 Å². The molecule has 2 N–H and O–H groups in total. The van der Waals surface area contributed by atoms with Crippen LogP contribution in [-0.2, 0) is 14.4 Å². The Balaban J connectivity index is 2.61. The molecule has 0 radical (unpaired) electrons. The molecule has 0 bridgehead atoms. The molecule has 1 amide bonds. The standard InChI is InChI=1S/C20H28N2O3/c1-6-7-15(4)19(24)20(25)21-11-16(5)22-18(12-23)17-9-13(2)8-14(3)10-17/h8-10,12,15,18,22H,5-7,11H2,1-4H3,(H,21,25). The van der Waals surface area contributed by atoms with Gasteiger partial charge in [0, 0.05) is 11.6 Å². The van der Waals surface area contributed by atoms with Crippen LogP contribution < -0.4 is 10.6 Å². The van der Waals surface area contributed by atoms with Gasteiger partial charge in [-0.25, -0.2) is 0 Å². The quantitative estimate of drug-likeness (QED) is 0.505. The first-order valence-corrected chi connectivity index (χ1v) is 8.58. The Morgan fingerprint density at radius 1 is 1.20 bits per heavy atom. The van der Waals surface area contributed by atoms with Gasteiger partial charge in [0.25, 0.3) is 5.91 Å². The first-order valence-electron chi connectivity index (χ1n) is 8.58. The Bertz CT molecular complexity index is 632. The zero-order valence-corrected chi connectivity index (χ0v) is 15.5. The largest absolute Gasteiger partial charge is 0.374 e. The number of benzene rings is 1. The van der Waals surface area contributed by atoms with Crippen LogP contribution >= 0.6 is 0 Å². The van der Waals surface area contributed by atoms with Crippen molar-refractivity contribution in [1.82, 2.24) is 10.6 Å². The van der Waals surface area contributed by atoms with E-state index in [0.29, 0.717) is 12.1 Å². The summed E-state index contributed by atoms with van der Waals surface area (Å²) in [7, 11) is 0. The van der Waals surface area contributed by atoms with Crippen LogP contribution in [0.2, 0.25) is 0 Å². The van der Waals surface area contributed by atoms with Crippen molar-refractivity contribution in [2.24, 2.45) is 5.92 Å². The minimum absolute atomic E-state index is 0.0958. The first-order chi connectivity index (χ1) is 11.8. The molecule has 0 aliphatic heterocycles. The molecule has 136 valence electrons. The molecule has 25 heavy (non-hydrogen) atoms. The third-order valence-electron chi connectivity index (χ3n) is 3.95. The maximum atomic E-state index is 11.9. The van der Waals surface area contributed by atoms with E-state index in [0.717, 1.165) is 29.4 Å². The first kappa shape index (κ1) is 20.6. The van der Waals surface area contributed by atoms with Crippen molar-refractivity contribution in [2.45, 2.75) is 46.6 Å². The number of carbonyl (C=O) groups excluding carboxylic acids is 3. The molecule has 0 aromatic heterocycles. The number of aldehydes is 1. The van der Waals surface area contributed by atoms with Gasteiger partial charge in [0.15, 0.2) is 0 Å². The normalized spacial score (nSPS) is 12.8. The molecule has 1 aromatic carbocycles. The van der Waals surface area contributed by atoms with Gasteiger partial charge in [-0.15, -0.1) is 0 Å². The lowest BCUT2D eigenvalue weighted by atomic mass is 10.0. The molecule has 5 nitrogen and oxygen atoms in total. The Kier molecular flexibility index (Phi) is 8.05. The van der Waals surface area contributed by atoms with Gasteiger partial charge in [-0.3, -0.25) is 9.59 Å². The third kappa shape index (κ3) is 6.53. The topological polar surface area (TPSA) is 75.3 Å². The van der Waals surface area contributed by atoms with Gasteiger partial charge in [-0.1, -0.05) is 56.2 Å². The van der Waals surface area contributed by atoms with Crippen molar-refractivity contribution in [2.75, 3.05) is 6.54 Å². The molecular weight excluding hydrogens is 316 g/mol. The molecule has 1 aromatic rings. The molecule has 0 aliphatic carbocycles. The van der Waals surface area contributed by atoms with E-state index in [2.05, 4.69) is 17.2 Å². The number of ketones is 1. The predicted octanol–water partition coefficient (Wildman–Crippen LogP) is 2.77. The second kappa shape index (κ2) is 9.77. The fraction of sp³-hybridized carbons (Fsp3) is 0.450. The maximum Gasteiger partial charge on any atom is 0.287 e. The van der Waals surface area contributed by atoms with Gasteiger partial charge in [0.1, 0.15) is 12.3 Å². The highest BCUT2D eigenvalue weighted by atomic mass is 16.2. The number of Topliss-reactive ketones (excluding diaryl/α,β-unsaturated/α-hetero) is 1. The highest BCUT2D eigenvalue weighted by Gasteiger charge is 2.20. The van der Waals surface area contributed by atoms with Crippen molar-refractivity contribution >= 4 is 18.0 Å². The number of hydrogen-bond acceptors (Lipinski definition) is 4. The van der Waals surface area contributed by atoms with Crippen LogP contribution in [0.4, 0.5) is 0 Å². The van der Waals surface area contributed by atoms with E-state index in [1.807, 2.05) is 39.0 Å². The summed E-state index contributed by atoms with van der Waals surface area (Å²) in [6.45, 7) is 11.6.